The number of alkyl halides is 3. The van der Waals surface area contributed by atoms with Crippen molar-refractivity contribution in [2.75, 3.05) is 18.4 Å². The van der Waals surface area contributed by atoms with Gasteiger partial charge in [-0.3, -0.25) is 0 Å². The third-order valence-electron chi connectivity index (χ3n) is 2.72. The third kappa shape index (κ3) is 6.34. The number of sulfonamides is 1. The topological polar surface area (TPSA) is 58.2 Å². The molecule has 0 atom stereocenters. The maximum atomic E-state index is 12.1. The smallest absolute Gasteiger partial charge is 0.384 e. The zero-order valence-electron chi connectivity index (χ0n) is 11.7. The van der Waals surface area contributed by atoms with Crippen molar-refractivity contribution in [1.82, 2.24) is 4.72 Å². The van der Waals surface area contributed by atoms with E-state index in [1.54, 1.807) is 18.2 Å². The highest BCUT2D eigenvalue weighted by Gasteiger charge is 2.26. The number of hydrogen-bond acceptors (Lipinski definition) is 3. The van der Waals surface area contributed by atoms with Crippen molar-refractivity contribution in [3.8, 4) is 0 Å². The molecule has 0 aliphatic rings. The molecule has 1 rings (SSSR count). The van der Waals surface area contributed by atoms with Crippen molar-refractivity contribution in [2.45, 2.75) is 37.3 Å². The van der Waals surface area contributed by atoms with Crippen LogP contribution in [-0.4, -0.2) is 27.7 Å². The second kappa shape index (κ2) is 7.65. The number of hydrogen-bond donors (Lipinski definition) is 2. The first-order chi connectivity index (χ1) is 9.76. The van der Waals surface area contributed by atoms with E-state index >= 15 is 0 Å². The van der Waals surface area contributed by atoms with Gasteiger partial charge in [-0.25, -0.2) is 13.1 Å². The van der Waals surface area contributed by atoms with Crippen molar-refractivity contribution >= 4 is 15.7 Å². The minimum Gasteiger partial charge on any atom is -0.384 e. The molecule has 0 spiro atoms. The number of rotatable bonds is 8. The van der Waals surface area contributed by atoms with Crippen LogP contribution in [0, 0.1) is 0 Å². The van der Waals surface area contributed by atoms with Crippen molar-refractivity contribution in [1.29, 1.82) is 0 Å². The molecular weight excluding hydrogens is 305 g/mol. The van der Waals surface area contributed by atoms with Crippen LogP contribution < -0.4 is 10.0 Å². The number of halogens is 3. The summed E-state index contributed by atoms with van der Waals surface area (Å²) in [6.07, 6.45) is -5.05. The molecule has 0 heterocycles. The Morgan fingerprint density at radius 3 is 2.43 bits per heavy atom. The number of para-hydroxylation sites is 1. The van der Waals surface area contributed by atoms with Crippen LogP contribution >= 0.6 is 0 Å². The zero-order chi connectivity index (χ0) is 15.9. The molecule has 1 aromatic carbocycles. The monoisotopic (exact) mass is 324 g/mol. The molecule has 2 N–H and O–H groups in total. The van der Waals surface area contributed by atoms with Crippen LogP contribution in [0.1, 0.15) is 26.2 Å². The van der Waals surface area contributed by atoms with Gasteiger partial charge in [-0.1, -0.05) is 12.1 Å². The Kier molecular flexibility index (Phi) is 6.47. The summed E-state index contributed by atoms with van der Waals surface area (Å²) in [5.41, 5.74) is 0.475. The molecule has 0 bridgehead atoms. The van der Waals surface area contributed by atoms with Gasteiger partial charge in [0.25, 0.3) is 0 Å². The van der Waals surface area contributed by atoms with Gasteiger partial charge in [-0.15, -0.1) is 0 Å². The lowest BCUT2D eigenvalue weighted by Crippen LogP contribution is -2.26. The van der Waals surface area contributed by atoms with E-state index in [1.165, 1.54) is 6.07 Å². The molecule has 4 nitrogen and oxygen atoms in total. The molecule has 0 saturated carbocycles. The van der Waals surface area contributed by atoms with Crippen LogP contribution in [-0.2, 0) is 10.0 Å². The lowest BCUT2D eigenvalue weighted by atomic mass is 10.2. The summed E-state index contributed by atoms with van der Waals surface area (Å²) in [4.78, 5) is 0.0997. The third-order valence-corrected chi connectivity index (χ3v) is 4.24. The molecular formula is C13H19F3N2O2S. The molecule has 0 aromatic heterocycles. The summed E-state index contributed by atoms with van der Waals surface area (Å²) in [5, 5.41) is 2.94. The Morgan fingerprint density at radius 1 is 1.14 bits per heavy atom. The lowest BCUT2D eigenvalue weighted by Gasteiger charge is -2.12. The van der Waals surface area contributed by atoms with E-state index in [2.05, 4.69) is 10.0 Å². The average molecular weight is 324 g/mol. The summed E-state index contributed by atoms with van der Waals surface area (Å²) < 4.78 is 62.5. The Hall–Kier alpha value is -1.28. The Bertz CT molecular complexity index is 545. The van der Waals surface area contributed by atoms with Crippen molar-refractivity contribution in [2.24, 2.45) is 0 Å². The zero-order valence-corrected chi connectivity index (χ0v) is 12.5. The fourth-order valence-corrected chi connectivity index (χ4v) is 3.03. The van der Waals surface area contributed by atoms with E-state index in [4.69, 9.17) is 0 Å². The van der Waals surface area contributed by atoms with Gasteiger partial charge < -0.3 is 5.32 Å². The Balaban J connectivity index is 2.58. The number of benzene rings is 1. The summed E-state index contributed by atoms with van der Waals surface area (Å²) in [6.45, 7) is 2.39. The molecule has 0 aliphatic carbocycles. The second-order valence-corrected chi connectivity index (χ2v) is 6.23. The molecule has 120 valence electrons. The number of nitrogens with one attached hydrogen (secondary N) is 2. The van der Waals surface area contributed by atoms with Crippen molar-refractivity contribution in [3.63, 3.8) is 0 Å². The van der Waals surface area contributed by atoms with Crippen LogP contribution in [0.4, 0.5) is 18.9 Å². The van der Waals surface area contributed by atoms with E-state index in [-0.39, 0.29) is 24.3 Å². The van der Waals surface area contributed by atoms with E-state index in [1.807, 2.05) is 6.92 Å². The minimum atomic E-state index is -4.20. The van der Waals surface area contributed by atoms with Crippen LogP contribution in [0.25, 0.3) is 0 Å². The maximum Gasteiger partial charge on any atom is 0.389 e. The van der Waals surface area contributed by atoms with Gasteiger partial charge in [-0.2, -0.15) is 13.2 Å². The van der Waals surface area contributed by atoms with Gasteiger partial charge >= 0.3 is 6.18 Å². The van der Waals surface area contributed by atoms with E-state index in [0.29, 0.717) is 12.2 Å². The highest BCUT2D eigenvalue weighted by atomic mass is 32.2. The highest BCUT2D eigenvalue weighted by Crippen LogP contribution is 2.22. The minimum absolute atomic E-state index is 0.0150. The van der Waals surface area contributed by atoms with E-state index < -0.39 is 22.6 Å². The first kappa shape index (κ1) is 17.8. The molecule has 1 aromatic rings. The first-order valence-electron chi connectivity index (χ1n) is 6.65. The van der Waals surface area contributed by atoms with Crippen molar-refractivity contribution < 1.29 is 21.6 Å². The fraction of sp³-hybridized carbons (Fsp3) is 0.538. The predicted octanol–water partition coefficient (Wildman–Crippen LogP) is 3.13. The summed E-state index contributed by atoms with van der Waals surface area (Å²) in [7, 11) is -3.72. The Labute approximate surface area is 122 Å². The van der Waals surface area contributed by atoms with Crippen LogP contribution in [0.3, 0.4) is 0 Å². The normalized spacial score (nSPS) is 12.4. The largest absolute Gasteiger partial charge is 0.389 e. The molecule has 0 aliphatic heterocycles. The second-order valence-electron chi connectivity index (χ2n) is 4.50. The number of anilines is 1. The van der Waals surface area contributed by atoms with Crippen LogP contribution in [0.5, 0.6) is 0 Å². The SMILES string of the molecule is CCNc1ccccc1S(=O)(=O)NCCCCC(F)(F)F. The molecule has 0 radical (unpaired) electrons. The molecule has 21 heavy (non-hydrogen) atoms. The van der Waals surface area contributed by atoms with E-state index in [0.717, 1.165) is 0 Å². The van der Waals surface area contributed by atoms with Gasteiger partial charge in [0.15, 0.2) is 0 Å². The molecule has 8 heteroatoms. The maximum absolute atomic E-state index is 12.1. The van der Waals surface area contributed by atoms with Crippen LogP contribution in [0.2, 0.25) is 0 Å². The Morgan fingerprint density at radius 2 is 1.81 bits per heavy atom. The van der Waals surface area contributed by atoms with Gasteiger partial charge in [0, 0.05) is 19.5 Å². The highest BCUT2D eigenvalue weighted by molar-refractivity contribution is 7.89. The van der Waals surface area contributed by atoms with Crippen molar-refractivity contribution in [3.05, 3.63) is 24.3 Å². The van der Waals surface area contributed by atoms with Crippen LogP contribution in [0.15, 0.2) is 29.2 Å². The predicted molar refractivity (Wildman–Crippen MR) is 75.7 cm³/mol. The molecule has 0 saturated heterocycles. The number of unbranched alkanes of at least 4 members (excludes halogenated alkanes) is 1. The summed E-state index contributed by atoms with van der Waals surface area (Å²) >= 11 is 0. The van der Waals surface area contributed by atoms with Gasteiger partial charge in [0.1, 0.15) is 4.90 Å². The molecule has 0 amide bonds. The average Bonchev–Trinajstić information content (AvgIpc) is 2.37. The summed E-state index contributed by atoms with van der Waals surface area (Å²) in [5.74, 6) is 0. The van der Waals surface area contributed by atoms with Gasteiger partial charge in [0.05, 0.1) is 5.69 Å². The van der Waals surface area contributed by atoms with Gasteiger partial charge in [0.2, 0.25) is 10.0 Å². The lowest BCUT2D eigenvalue weighted by molar-refractivity contribution is -0.135. The van der Waals surface area contributed by atoms with E-state index in [9.17, 15) is 21.6 Å². The molecule has 0 unspecified atom stereocenters. The fourth-order valence-electron chi connectivity index (χ4n) is 1.77. The standard InChI is InChI=1S/C13H19F3N2O2S/c1-2-17-11-7-3-4-8-12(11)21(19,20)18-10-6-5-9-13(14,15)16/h3-4,7-8,17-18H,2,5-6,9-10H2,1H3. The summed E-state index contributed by atoms with van der Waals surface area (Å²) in [6, 6.07) is 6.40. The molecule has 0 fully saturated rings. The van der Waals surface area contributed by atoms with Gasteiger partial charge in [-0.05, 0) is 31.9 Å². The first-order valence-corrected chi connectivity index (χ1v) is 8.14. The quantitative estimate of drug-likeness (QED) is 0.722.